The fraction of sp³-hybridized carbons (Fsp3) is 0.167. The molecule has 1 aliphatic rings. The molecule has 10 nitrogen and oxygen atoms in total. The molecule has 0 atom stereocenters. The van der Waals surface area contributed by atoms with Crippen molar-refractivity contribution < 1.29 is 12.8 Å². The molecule has 3 N–H and O–H groups in total. The minimum atomic E-state index is -4.14. The van der Waals surface area contributed by atoms with E-state index in [1.54, 1.807) is 12.1 Å². The summed E-state index contributed by atoms with van der Waals surface area (Å²) in [6.45, 7) is 1.54. The van der Waals surface area contributed by atoms with E-state index in [4.69, 9.17) is 16.0 Å². The van der Waals surface area contributed by atoms with Crippen molar-refractivity contribution in [3.8, 4) is 11.1 Å². The third-order valence-electron chi connectivity index (χ3n) is 5.97. The highest BCUT2D eigenvalue weighted by Gasteiger charge is 2.29. The van der Waals surface area contributed by atoms with Gasteiger partial charge in [0, 0.05) is 11.5 Å². The Bertz CT molecular complexity index is 1920. The number of nitrogens with zero attached hydrogens (tertiary/aromatic N) is 2. The Hall–Kier alpha value is -3.96. The first-order chi connectivity index (χ1) is 17.2. The van der Waals surface area contributed by atoms with E-state index in [9.17, 15) is 18.0 Å². The van der Waals surface area contributed by atoms with Gasteiger partial charge < -0.3 is 14.4 Å². The Balaban J connectivity index is 1.31. The Kier molecular flexibility index (Phi) is 5.02. The zero-order chi connectivity index (χ0) is 25.2. The summed E-state index contributed by atoms with van der Waals surface area (Å²) in [6.07, 6.45) is 2.18. The molecule has 1 fully saturated rings. The molecule has 1 aliphatic carbocycles. The van der Waals surface area contributed by atoms with Gasteiger partial charge in [0.15, 0.2) is 22.1 Å². The van der Waals surface area contributed by atoms with E-state index in [-0.39, 0.29) is 27.4 Å². The van der Waals surface area contributed by atoms with Gasteiger partial charge >= 0.3 is 11.1 Å². The van der Waals surface area contributed by atoms with Crippen molar-refractivity contribution in [1.29, 1.82) is 0 Å². The number of oxazole rings is 1. The number of rotatable bonds is 5. The number of nitrogens with one attached hydrogen (secondary N) is 3. The SMILES string of the molecule is Cc1cc2[nH]c(=O)c(=O)[nH]c2nc1S(=O)(=O)Nc1ccc(-c2ccc3oc(C4CC4)nc3c2)c(Cl)c1. The molecule has 36 heavy (non-hydrogen) atoms. The van der Waals surface area contributed by atoms with Gasteiger partial charge in [0.1, 0.15) is 5.52 Å². The molecule has 2 aromatic carbocycles. The first kappa shape index (κ1) is 22.5. The number of aromatic nitrogens is 4. The second-order valence-corrected chi connectivity index (χ2v) is 10.7. The van der Waals surface area contributed by atoms with Crippen molar-refractivity contribution >= 4 is 49.6 Å². The van der Waals surface area contributed by atoms with Crippen molar-refractivity contribution in [2.75, 3.05) is 4.72 Å². The molecule has 0 spiro atoms. The van der Waals surface area contributed by atoms with Crippen LogP contribution in [0.5, 0.6) is 0 Å². The zero-order valence-corrected chi connectivity index (χ0v) is 20.3. The summed E-state index contributed by atoms with van der Waals surface area (Å²) in [5, 5.41) is 0.0476. The minimum absolute atomic E-state index is 0.0490. The van der Waals surface area contributed by atoms with Gasteiger partial charge in [-0.25, -0.2) is 9.97 Å². The third kappa shape index (κ3) is 3.95. The minimum Gasteiger partial charge on any atom is -0.440 e. The zero-order valence-electron chi connectivity index (χ0n) is 18.8. The number of anilines is 1. The molecular weight excluding hydrogens is 506 g/mol. The molecule has 5 aromatic rings. The molecule has 0 unspecified atom stereocenters. The van der Waals surface area contributed by atoms with Gasteiger partial charge in [0.05, 0.1) is 16.2 Å². The number of fused-ring (bicyclic) bond motifs is 2. The van der Waals surface area contributed by atoms with Gasteiger partial charge in [-0.15, -0.1) is 0 Å². The summed E-state index contributed by atoms with van der Waals surface area (Å²) in [5.41, 5.74) is 1.90. The van der Waals surface area contributed by atoms with Crippen LogP contribution in [0.4, 0.5) is 5.69 Å². The van der Waals surface area contributed by atoms with Crippen molar-refractivity contribution in [2.24, 2.45) is 0 Å². The lowest BCUT2D eigenvalue weighted by Gasteiger charge is -2.12. The molecule has 3 heterocycles. The fourth-order valence-electron chi connectivity index (χ4n) is 4.04. The molecule has 0 bridgehead atoms. The maximum Gasteiger partial charge on any atom is 0.315 e. The standard InChI is InChI=1S/C24H18ClN5O5S/c1-11-8-18-20(28-22(32)21(31)26-18)29-24(11)36(33,34)30-14-5-6-15(16(25)10-14)13-4-7-19-17(9-13)27-23(35-19)12-2-3-12/h4-10,12,30H,2-3H2,1H3,(H,26,31)(H,28,29,32). The second-order valence-electron chi connectivity index (χ2n) is 8.72. The van der Waals surface area contributed by atoms with E-state index in [1.165, 1.54) is 19.1 Å². The largest absolute Gasteiger partial charge is 0.440 e. The number of halogens is 1. The quantitative estimate of drug-likeness (QED) is 0.294. The van der Waals surface area contributed by atoms with Crippen molar-refractivity contribution in [3.05, 3.63) is 79.6 Å². The average Bonchev–Trinajstić information content (AvgIpc) is 3.58. The van der Waals surface area contributed by atoms with Crippen LogP contribution in [0.3, 0.4) is 0 Å². The van der Waals surface area contributed by atoms with Gasteiger partial charge in [-0.3, -0.25) is 14.3 Å². The number of benzene rings is 2. The van der Waals surface area contributed by atoms with Crippen LogP contribution in [0.25, 0.3) is 33.4 Å². The first-order valence-corrected chi connectivity index (χ1v) is 12.9. The highest BCUT2D eigenvalue weighted by atomic mass is 35.5. The molecule has 0 radical (unpaired) electrons. The van der Waals surface area contributed by atoms with Gasteiger partial charge in [-0.05, 0) is 61.2 Å². The molecule has 1 saturated carbocycles. The number of pyridine rings is 1. The summed E-state index contributed by atoms with van der Waals surface area (Å²) < 4.78 is 34.5. The predicted molar refractivity (Wildman–Crippen MR) is 135 cm³/mol. The topological polar surface area (TPSA) is 151 Å². The summed E-state index contributed by atoms with van der Waals surface area (Å²) >= 11 is 6.53. The normalized spacial score (nSPS) is 13.9. The van der Waals surface area contributed by atoms with Gasteiger partial charge in [0.25, 0.3) is 10.0 Å². The Morgan fingerprint density at radius 1 is 1.03 bits per heavy atom. The Morgan fingerprint density at radius 3 is 2.56 bits per heavy atom. The average molecular weight is 524 g/mol. The van der Waals surface area contributed by atoms with Crippen LogP contribution in [0.15, 0.2) is 61.5 Å². The smallest absolute Gasteiger partial charge is 0.315 e. The number of aromatic amines is 2. The van der Waals surface area contributed by atoms with E-state index >= 15 is 0 Å². The Labute approximate surface area is 208 Å². The summed E-state index contributed by atoms with van der Waals surface area (Å²) in [6, 6.07) is 11.9. The van der Waals surface area contributed by atoms with Crippen molar-refractivity contribution in [1.82, 2.24) is 19.9 Å². The maximum absolute atomic E-state index is 13.1. The molecule has 0 aliphatic heterocycles. The molecule has 12 heteroatoms. The van der Waals surface area contributed by atoms with Crippen LogP contribution in [-0.2, 0) is 10.0 Å². The molecule has 3 aromatic heterocycles. The lowest BCUT2D eigenvalue weighted by atomic mass is 10.0. The molecule has 0 amide bonds. The fourth-order valence-corrected chi connectivity index (χ4v) is 5.55. The first-order valence-electron chi connectivity index (χ1n) is 11.1. The van der Waals surface area contributed by atoms with Gasteiger partial charge in [-0.2, -0.15) is 8.42 Å². The number of aryl methyl sites for hydroxylation is 1. The van der Waals surface area contributed by atoms with Crippen LogP contribution < -0.4 is 15.8 Å². The number of H-pyrrole nitrogens is 2. The van der Waals surface area contributed by atoms with E-state index in [1.807, 2.05) is 18.2 Å². The number of hydrogen-bond donors (Lipinski definition) is 3. The Morgan fingerprint density at radius 2 is 1.81 bits per heavy atom. The van der Waals surface area contributed by atoms with Crippen LogP contribution in [0.2, 0.25) is 5.02 Å². The molecule has 6 rings (SSSR count). The van der Waals surface area contributed by atoms with E-state index in [2.05, 4.69) is 24.7 Å². The highest BCUT2D eigenvalue weighted by molar-refractivity contribution is 7.92. The monoisotopic (exact) mass is 523 g/mol. The predicted octanol–water partition coefficient (Wildman–Crippen LogP) is 4.06. The van der Waals surface area contributed by atoms with Crippen molar-refractivity contribution in [2.45, 2.75) is 30.7 Å². The number of hydrogen-bond acceptors (Lipinski definition) is 7. The highest BCUT2D eigenvalue weighted by Crippen LogP contribution is 2.41. The van der Waals surface area contributed by atoms with Gasteiger partial charge in [-0.1, -0.05) is 23.7 Å². The van der Waals surface area contributed by atoms with Crippen molar-refractivity contribution in [3.63, 3.8) is 0 Å². The molecule has 0 saturated heterocycles. The van der Waals surface area contributed by atoms with Crippen LogP contribution in [-0.4, -0.2) is 28.4 Å². The lowest BCUT2D eigenvalue weighted by Crippen LogP contribution is -2.29. The summed E-state index contributed by atoms with van der Waals surface area (Å²) in [4.78, 5) is 36.5. The molecular formula is C24H18ClN5O5S. The van der Waals surface area contributed by atoms with Gasteiger partial charge in [0.2, 0.25) is 0 Å². The lowest BCUT2D eigenvalue weighted by molar-refractivity contribution is 0.533. The van der Waals surface area contributed by atoms with Crippen LogP contribution in [0, 0.1) is 6.92 Å². The van der Waals surface area contributed by atoms with E-state index < -0.39 is 21.1 Å². The summed E-state index contributed by atoms with van der Waals surface area (Å²) in [7, 11) is -4.14. The molecule has 182 valence electrons. The second kappa shape index (κ2) is 8.04. The van der Waals surface area contributed by atoms with Crippen LogP contribution in [0.1, 0.15) is 30.2 Å². The number of sulfonamides is 1. The summed E-state index contributed by atoms with van der Waals surface area (Å²) in [5.74, 6) is 1.16. The van der Waals surface area contributed by atoms with Crippen LogP contribution >= 0.6 is 11.6 Å². The van der Waals surface area contributed by atoms with E-state index in [0.717, 1.165) is 29.8 Å². The third-order valence-corrected chi connectivity index (χ3v) is 7.71. The maximum atomic E-state index is 13.1. The van der Waals surface area contributed by atoms with E-state index in [0.29, 0.717) is 22.1 Å².